The van der Waals surface area contributed by atoms with Crippen LogP contribution in [0.2, 0.25) is 0 Å². The molecule has 0 aliphatic heterocycles. The number of benzene rings is 1. The first-order valence-corrected chi connectivity index (χ1v) is 5.26. The van der Waals surface area contributed by atoms with Crippen LogP contribution in [0.15, 0.2) is 30.6 Å². The van der Waals surface area contributed by atoms with Crippen molar-refractivity contribution in [2.75, 3.05) is 0 Å². The summed E-state index contributed by atoms with van der Waals surface area (Å²) in [5, 5.41) is 21.2. The highest BCUT2D eigenvalue weighted by Crippen LogP contribution is 2.06. The number of carboxylic acid groups (broad SMARTS) is 1. The second-order valence-electron chi connectivity index (χ2n) is 3.76. The largest absolute Gasteiger partial charge is 0.481 e. The van der Waals surface area contributed by atoms with Crippen LogP contribution in [-0.4, -0.2) is 25.8 Å². The predicted molar refractivity (Wildman–Crippen MR) is 61.6 cm³/mol. The van der Waals surface area contributed by atoms with Crippen molar-refractivity contribution < 1.29 is 9.90 Å². The van der Waals surface area contributed by atoms with Gasteiger partial charge < -0.3 is 5.11 Å². The number of nitriles is 1. The minimum Gasteiger partial charge on any atom is -0.481 e. The van der Waals surface area contributed by atoms with Gasteiger partial charge in [-0.1, -0.05) is 24.3 Å². The minimum absolute atomic E-state index is 0.0161. The summed E-state index contributed by atoms with van der Waals surface area (Å²) in [6.07, 6.45) is 1.51. The lowest BCUT2D eigenvalue weighted by Gasteiger charge is -2.02. The smallest absolute Gasteiger partial charge is 0.307 e. The van der Waals surface area contributed by atoms with E-state index in [0.717, 1.165) is 11.1 Å². The van der Waals surface area contributed by atoms with Gasteiger partial charge in [0.05, 0.1) is 13.0 Å². The molecule has 2 aromatic rings. The Hall–Kier alpha value is -2.68. The number of hydrogen-bond donors (Lipinski definition) is 1. The van der Waals surface area contributed by atoms with Gasteiger partial charge in [-0.2, -0.15) is 5.26 Å². The van der Waals surface area contributed by atoms with Gasteiger partial charge >= 0.3 is 5.97 Å². The molecule has 0 unspecified atom stereocenters. The maximum atomic E-state index is 10.5. The molecule has 0 aliphatic rings. The molecule has 1 aromatic heterocycles. The van der Waals surface area contributed by atoms with E-state index in [2.05, 4.69) is 10.1 Å². The highest BCUT2D eigenvalue weighted by molar-refractivity contribution is 5.70. The van der Waals surface area contributed by atoms with Crippen molar-refractivity contribution >= 4 is 5.97 Å². The Bertz CT molecular complexity index is 595. The normalized spacial score (nSPS) is 9.94. The first-order chi connectivity index (χ1) is 8.67. The van der Waals surface area contributed by atoms with Gasteiger partial charge in [-0.3, -0.25) is 4.79 Å². The Balaban J connectivity index is 2.06. The summed E-state index contributed by atoms with van der Waals surface area (Å²) in [6, 6.07) is 9.07. The Morgan fingerprint density at radius 2 is 2.00 bits per heavy atom. The van der Waals surface area contributed by atoms with Crippen molar-refractivity contribution in [3.8, 4) is 6.07 Å². The summed E-state index contributed by atoms with van der Waals surface area (Å²) < 4.78 is 1.56. The van der Waals surface area contributed by atoms with Gasteiger partial charge in [-0.15, -0.1) is 5.10 Å². The highest BCUT2D eigenvalue weighted by atomic mass is 16.4. The van der Waals surface area contributed by atoms with Gasteiger partial charge in [0.1, 0.15) is 12.4 Å². The Kier molecular flexibility index (Phi) is 3.34. The Morgan fingerprint density at radius 1 is 1.33 bits per heavy atom. The van der Waals surface area contributed by atoms with E-state index >= 15 is 0 Å². The lowest BCUT2D eigenvalue weighted by Crippen LogP contribution is -2.02. The summed E-state index contributed by atoms with van der Waals surface area (Å²) >= 11 is 0. The van der Waals surface area contributed by atoms with E-state index in [4.69, 9.17) is 10.4 Å². The topological polar surface area (TPSA) is 91.8 Å². The second kappa shape index (κ2) is 5.10. The number of nitrogens with zero attached hydrogens (tertiary/aromatic N) is 4. The molecule has 18 heavy (non-hydrogen) atoms. The van der Waals surface area contributed by atoms with Gasteiger partial charge in [-0.25, -0.2) is 9.67 Å². The quantitative estimate of drug-likeness (QED) is 0.857. The predicted octanol–water partition coefficient (Wildman–Crippen LogP) is 0.825. The third kappa shape index (κ3) is 2.92. The molecule has 0 saturated heterocycles. The van der Waals surface area contributed by atoms with Crippen LogP contribution >= 0.6 is 0 Å². The van der Waals surface area contributed by atoms with Crippen LogP contribution in [0, 0.1) is 11.3 Å². The molecule has 0 fully saturated rings. The van der Waals surface area contributed by atoms with E-state index in [1.165, 1.54) is 6.33 Å². The first-order valence-electron chi connectivity index (χ1n) is 5.26. The maximum Gasteiger partial charge on any atom is 0.307 e. The van der Waals surface area contributed by atoms with Crippen LogP contribution < -0.4 is 0 Å². The summed E-state index contributed by atoms with van der Waals surface area (Å²) in [6.45, 7) is 0.502. The van der Waals surface area contributed by atoms with E-state index in [0.29, 0.717) is 6.54 Å². The number of carbonyl (C=O) groups is 1. The molecule has 1 heterocycles. The van der Waals surface area contributed by atoms with Crippen LogP contribution in [0.3, 0.4) is 0 Å². The van der Waals surface area contributed by atoms with Gasteiger partial charge in [0.25, 0.3) is 5.82 Å². The fourth-order valence-electron chi connectivity index (χ4n) is 1.55. The molecule has 0 saturated carbocycles. The highest BCUT2D eigenvalue weighted by Gasteiger charge is 2.02. The Labute approximate surface area is 103 Å². The molecule has 0 spiro atoms. The molecule has 1 aromatic carbocycles. The van der Waals surface area contributed by atoms with E-state index in [1.54, 1.807) is 16.8 Å². The van der Waals surface area contributed by atoms with Gasteiger partial charge in [0, 0.05) is 0 Å². The molecule has 0 aliphatic carbocycles. The Morgan fingerprint density at radius 3 is 2.56 bits per heavy atom. The number of aliphatic carboxylic acids is 1. The number of rotatable bonds is 4. The van der Waals surface area contributed by atoms with Crippen molar-refractivity contribution in [3.05, 3.63) is 47.5 Å². The lowest BCUT2D eigenvalue weighted by atomic mass is 10.1. The minimum atomic E-state index is -0.849. The summed E-state index contributed by atoms with van der Waals surface area (Å²) in [5.74, 6) is -0.713. The summed E-state index contributed by atoms with van der Waals surface area (Å²) in [7, 11) is 0. The van der Waals surface area contributed by atoms with Crippen molar-refractivity contribution in [1.29, 1.82) is 5.26 Å². The molecular weight excluding hydrogens is 232 g/mol. The second-order valence-corrected chi connectivity index (χ2v) is 3.76. The molecule has 1 N–H and O–H groups in total. The third-order valence-corrected chi connectivity index (χ3v) is 2.36. The molecule has 6 nitrogen and oxygen atoms in total. The zero-order chi connectivity index (χ0) is 13.0. The van der Waals surface area contributed by atoms with E-state index in [-0.39, 0.29) is 12.2 Å². The van der Waals surface area contributed by atoms with Crippen molar-refractivity contribution in [3.63, 3.8) is 0 Å². The van der Waals surface area contributed by atoms with Crippen molar-refractivity contribution in [1.82, 2.24) is 14.8 Å². The van der Waals surface area contributed by atoms with E-state index in [9.17, 15) is 4.79 Å². The molecule has 90 valence electrons. The van der Waals surface area contributed by atoms with Crippen LogP contribution in [0.1, 0.15) is 17.0 Å². The lowest BCUT2D eigenvalue weighted by molar-refractivity contribution is -0.136. The fourth-order valence-corrected chi connectivity index (χ4v) is 1.55. The van der Waals surface area contributed by atoms with E-state index in [1.807, 2.05) is 18.2 Å². The molecule has 0 bridgehead atoms. The average Bonchev–Trinajstić information content (AvgIpc) is 2.79. The first kappa shape index (κ1) is 11.8. The maximum absolute atomic E-state index is 10.5. The summed E-state index contributed by atoms with van der Waals surface area (Å²) in [4.78, 5) is 14.3. The zero-order valence-corrected chi connectivity index (χ0v) is 9.45. The average molecular weight is 242 g/mol. The standard InChI is InChI=1S/C12H10N4O2/c13-6-11-14-8-16(15-11)7-10-3-1-9(2-4-10)5-12(17)18/h1-4,8H,5,7H2,(H,17,18). The van der Waals surface area contributed by atoms with Gasteiger partial charge in [0.2, 0.25) is 0 Å². The number of hydrogen-bond acceptors (Lipinski definition) is 4. The summed E-state index contributed by atoms with van der Waals surface area (Å²) in [5.41, 5.74) is 1.72. The van der Waals surface area contributed by atoms with E-state index < -0.39 is 5.97 Å². The number of carboxylic acids is 1. The van der Waals surface area contributed by atoms with Crippen LogP contribution in [-0.2, 0) is 17.8 Å². The number of aromatic nitrogens is 3. The molecule has 0 atom stereocenters. The van der Waals surface area contributed by atoms with Crippen LogP contribution in [0.25, 0.3) is 0 Å². The van der Waals surface area contributed by atoms with Gasteiger partial charge in [-0.05, 0) is 11.1 Å². The fraction of sp³-hybridized carbons (Fsp3) is 0.167. The zero-order valence-electron chi connectivity index (χ0n) is 9.45. The molecule has 0 radical (unpaired) electrons. The molecule has 0 amide bonds. The SMILES string of the molecule is N#Cc1ncn(Cc2ccc(CC(=O)O)cc2)n1. The van der Waals surface area contributed by atoms with Crippen LogP contribution in [0.5, 0.6) is 0 Å². The third-order valence-electron chi connectivity index (χ3n) is 2.36. The van der Waals surface area contributed by atoms with Gasteiger partial charge in [0.15, 0.2) is 0 Å². The van der Waals surface area contributed by atoms with Crippen LogP contribution in [0.4, 0.5) is 0 Å². The van der Waals surface area contributed by atoms with Crippen molar-refractivity contribution in [2.24, 2.45) is 0 Å². The van der Waals surface area contributed by atoms with Crippen molar-refractivity contribution in [2.45, 2.75) is 13.0 Å². The molecule has 2 rings (SSSR count). The molecule has 6 heteroatoms. The molecular formula is C12H10N4O2. The monoisotopic (exact) mass is 242 g/mol.